The topological polar surface area (TPSA) is 148 Å². The molecule has 0 bridgehead atoms. The van der Waals surface area contributed by atoms with Crippen LogP contribution in [0.3, 0.4) is 0 Å². The summed E-state index contributed by atoms with van der Waals surface area (Å²) in [5.74, 6) is -6.26. The molecule has 4 aromatic rings. The minimum Gasteiger partial charge on any atom is -0.481 e. The summed E-state index contributed by atoms with van der Waals surface area (Å²) in [5.41, 5.74) is 6.74. The van der Waals surface area contributed by atoms with E-state index in [0.717, 1.165) is 21.7 Å². The molecule has 10 nitrogen and oxygen atoms in total. The number of fused-ring (bicyclic) bond motifs is 1. The number of aromatic nitrogens is 2. The van der Waals surface area contributed by atoms with Crippen molar-refractivity contribution in [3.05, 3.63) is 83.4 Å². The molecule has 5 rings (SSSR count). The minimum atomic E-state index is -4.80. The number of carboxylic acids is 1. The Labute approximate surface area is 306 Å². The number of nitrogens with zero attached hydrogens (tertiary/aromatic N) is 3. The number of nitrogens with one attached hydrogen (secondary N) is 1. The maximum atomic E-state index is 14.5. The molecule has 4 N–H and O–H groups in total. The molecule has 0 saturated heterocycles. The number of imidazole rings is 1. The summed E-state index contributed by atoms with van der Waals surface area (Å²) in [7, 11) is -0.797. The molecule has 48 heavy (non-hydrogen) atoms. The van der Waals surface area contributed by atoms with E-state index in [9.17, 15) is 40.7 Å². The molecule has 0 unspecified atom stereocenters. The van der Waals surface area contributed by atoms with Crippen molar-refractivity contribution in [1.82, 2.24) is 9.55 Å². The molecule has 256 valence electrons. The first kappa shape index (κ1) is 37.9. The number of benzene rings is 3. The summed E-state index contributed by atoms with van der Waals surface area (Å²) in [6.07, 6.45) is -4.76. The van der Waals surface area contributed by atoms with Gasteiger partial charge in [0.25, 0.3) is 10.0 Å². The number of sulfonamides is 1. The Morgan fingerprint density at radius 1 is 1.10 bits per heavy atom. The van der Waals surface area contributed by atoms with E-state index in [4.69, 9.17) is 5.73 Å². The number of hydrogen-bond acceptors (Lipinski definition) is 6. The summed E-state index contributed by atoms with van der Waals surface area (Å²) < 4.78 is 82.4. The number of amides is 1. The van der Waals surface area contributed by atoms with Crippen LogP contribution in [0.15, 0.2) is 65.6 Å². The molecule has 0 aliphatic heterocycles. The number of anilines is 2. The quantitative estimate of drug-likeness (QED) is 0.0973. The third-order valence-electron chi connectivity index (χ3n) is 8.58. The van der Waals surface area contributed by atoms with Gasteiger partial charge in [0.2, 0.25) is 5.91 Å². The Balaban J connectivity index is 0.00000520. The summed E-state index contributed by atoms with van der Waals surface area (Å²) >= 11 is 1.92. The molecule has 0 spiro atoms. The molecule has 4 atom stereocenters. The van der Waals surface area contributed by atoms with Crippen molar-refractivity contribution < 1.29 is 40.7 Å². The average molecular weight is 997 g/mol. The third-order valence-corrected chi connectivity index (χ3v) is 11.2. The maximum Gasteiger partial charge on any atom is 0.416 e. The zero-order valence-electron chi connectivity index (χ0n) is 25.6. The van der Waals surface area contributed by atoms with Gasteiger partial charge in [0, 0.05) is 46.6 Å². The number of nitrogens with two attached hydrogens (primary N) is 1. The summed E-state index contributed by atoms with van der Waals surface area (Å²) in [6, 6.07) is 12.4. The fourth-order valence-electron chi connectivity index (χ4n) is 5.98. The van der Waals surface area contributed by atoms with Gasteiger partial charge in [-0.15, -0.1) is 0 Å². The van der Waals surface area contributed by atoms with E-state index < -0.39 is 66.4 Å². The number of alkyl halides is 4. The predicted molar refractivity (Wildman–Crippen MR) is 181 cm³/mol. The van der Waals surface area contributed by atoms with Gasteiger partial charge in [-0.1, -0.05) is 34.7 Å². The van der Waals surface area contributed by atoms with Crippen LogP contribution in [0.25, 0.3) is 11.0 Å². The van der Waals surface area contributed by atoms with E-state index in [1.165, 1.54) is 31.3 Å². The minimum absolute atomic E-state index is 0. The molecule has 1 aliphatic rings. The van der Waals surface area contributed by atoms with E-state index in [2.05, 4.69) is 10.3 Å². The van der Waals surface area contributed by atoms with Crippen LogP contribution < -0.4 is 15.4 Å². The number of aliphatic carboxylic acids is 1. The zero-order chi connectivity index (χ0) is 34.6. The van der Waals surface area contributed by atoms with Crippen LogP contribution in [-0.2, 0) is 32.8 Å². The Kier molecular flexibility index (Phi) is 10.9. The standard InChI is InChI=1S/C31H30F4IN5O5S.Po/c1-16-38-25-13-20(9-11-26(25)40(16)2)47(45,46)41(3)19-7-4-17(5-8-19)21-14-30(36,37)15-22(27(21)29(43)44)28(42)39-24-10-6-18(12-23(24)32)31(33,34)35;/h4-13,21-22,27H,14-15,37H2,1-3H3,(H,39,42)(H,43,44);/t21-,22-,27-,30+;/m0./s1. The molecule has 1 aliphatic carbocycles. The number of aryl methyl sites for hydroxylation is 2. The first-order chi connectivity index (χ1) is 21.8. The average Bonchev–Trinajstić information content (AvgIpc) is 3.28. The molecule has 3 aromatic carbocycles. The third kappa shape index (κ3) is 7.48. The van der Waals surface area contributed by atoms with Crippen molar-refractivity contribution in [3.63, 3.8) is 0 Å². The molecule has 1 aromatic heterocycles. The van der Waals surface area contributed by atoms with Gasteiger partial charge in [-0.2, -0.15) is 13.2 Å². The first-order valence-electron chi connectivity index (χ1n) is 14.2. The molecule has 1 fully saturated rings. The second-order valence-corrected chi connectivity index (χ2v) is 15.8. The molecular formula is C31H30F4IN5O5PoS. The number of carboxylic acid groups (broad SMARTS) is 1. The van der Waals surface area contributed by atoms with E-state index in [0.29, 0.717) is 17.1 Å². The first-order valence-corrected chi connectivity index (χ1v) is 16.7. The number of halogens is 5. The van der Waals surface area contributed by atoms with Gasteiger partial charge in [-0.25, -0.2) is 17.8 Å². The fraction of sp³-hybridized carbons (Fsp3) is 0.323. The monoisotopic (exact) mass is 996 g/mol. The van der Waals surface area contributed by atoms with E-state index in [-0.39, 0.29) is 56.1 Å². The number of rotatable bonds is 7. The normalized spacial score (nSPS) is 21.4. The summed E-state index contributed by atoms with van der Waals surface area (Å²) in [4.78, 5) is 30.4. The Hall–Kier alpha value is -2.87. The van der Waals surface area contributed by atoms with E-state index >= 15 is 0 Å². The van der Waals surface area contributed by atoms with Gasteiger partial charge in [0.1, 0.15) is 11.6 Å². The molecule has 17 heteroatoms. The van der Waals surface area contributed by atoms with E-state index in [1.54, 1.807) is 18.2 Å². The van der Waals surface area contributed by atoms with Gasteiger partial charge in [-0.05, 0) is 73.9 Å². The smallest absolute Gasteiger partial charge is 0.416 e. The molecule has 1 heterocycles. The van der Waals surface area contributed by atoms with Crippen LogP contribution in [-0.4, -0.2) is 72.1 Å². The number of hydrogen-bond donors (Lipinski definition) is 3. The van der Waals surface area contributed by atoms with Gasteiger partial charge in [0.15, 0.2) is 0 Å². The van der Waals surface area contributed by atoms with Crippen LogP contribution >= 0.6 is 22.6 Å². The Bertz CT molecular complexity index is 1990. The summed E-state index contributed by atoms with van der Waals surface area (Å²) in [5, 5.41) is 12.5. The maximum absolute atomic E-state index is 14.5. The second-order valence-electron chi connectivity index (χ2n) is 11.6. The molecule has 2 radical (unpaired) electrons. The molecule has 1 amide bonds. The SMILES string of the molecule is Cc1nc2cc(S(=O)(=O)N(C)c3ccc([C@@H]4C[C@](N)(I)C[C@H](C(=O)Nc5ccc(C(F)(F)F)cc5F)[C@H]4C(=O)O)cc3)ccc2n1C.[Po]. The van der Waals surface area contributed by atoms with Crippen molar-refractivity contribution in [2.24, 2.45) is 24.6 Å². The molecular weight excluding hydrogens is 966 g/mol. The number of carbonyl (C=O) groups is 2. The van der Waals surface area contributed by atoms with Gasteiger partial charge >= 0.3 is 12.1 Å². The van der Waals surface area contributed by atoms with Crippen molar-refractivity contribution in [2.45, 2.75) is 40.3 Å². The molecule has 1 saturated carbocycles. The predicted octanol–water partition coefficient (Wildman–Crippen LogP) is 5.41. The van der Waals surface area contributed by atoms with Gasteiger partial charge in [-0.3, -0.25) is 13.9 Å². The van der Waals surface area contributed by atoms with Crippen LogP contribution in [0.2, 0.25) is 0 Å². The van der Waals surface area contributed by atoms with Crippen molar-refractivity contribution >= 4 is 93.5 Å². The largest absolute Gasteiger partial charge is 0.481 e. The van der Waals surface area contributed by atoms with Crippen molar-refractivity contribution in [1.29, 1.82) is 0 Å². The second kappa shape index (κ2) is 13.8. The fourth-order valence-corrected chi connectivity index (χ4v) is 8.15. The van der Waals surface area contributed by atoms with Crippen LogP contribution in [0.1, 0.15) is 35.7 Å². The van der Waals surface area contributed by atoms with Crippen molar-refractivity contribution in [3.8, 4) is 0 Å². The van der Waals surface area contributed by atoms with Crippen LogP contribution in [0.4, 0.5) is 28.9 Å². The van der Waals surface area contributed by atoms with Crippen LogP contribution in [0.5, 0.6) is 0 Å². The van der Waals surface area contributed by atoms with Gasteiger partial charge < -0.3 is 20.7 Å². The zero-order valence-corrected chi connectivity index (χ0v) is 31.8. The van der Waals surface area contributed by atoms with Gasteiger partial charge in [0.05, 0.1) is 48.2 Å². The summed E-state index contributed by atoms with van der Waals surface area (Å²) in [6.45, 7) is 1.81. The van der Waals surface area contributed by atoms with Crippen LogP contribution in [0, 0.1) is 24.6 Å². The number of carbonyl (C=O) groups excluding carboxylic acids is 1. The van der Waals surface area contributed by atoms with Crippen molar-refractivity contribution in [2.75, 3.05) is 16.7 Å². The Morgan fingerprint density at radius 2 is 1.75 bits per heavy atom. The van der Waals surface area contributed by atoms with E-state index in [1.807, 2.05) is 41.1 Å². The Morgan fingerprint density at radius 3 is 2.33 bits per heavy atom.